The van der Waals surface area contributed by atoms with Gasteiger partial charge in [0, 0.05) is 11.1 Å². The van der Waals surface area contributed by atoms with Crippen LogP contribution < -0.4 is 9.61 Å². The van der Waals surface area contributed by atoms with E-state index in [0.29, 0.717) is 24.2 Å². The second-order valence-corrected chi connectivity index (χ2v) is 10.9. The average molecular weight is 516 g/mol. The van der Waals surface area contributed by atoms with Crippen LogP contribution in [0.2, 0.25) is 0 Å². The lowest BCUT2D eigenvalue weighted by Crippen LogP contribution is -2.35. The standard InChI is InChI=1S/C27H34NO7P/c1-6-21-18(4)23-15-34-27(31)24(23)25(29)22(21)14-13-17(3)16-36(32,28-19(5)26(30)33-7-2)35-20-11-9-8-10-12-20/h8-13,19,29H,6-7,14-16H2,1-5H3,(H,28,32)/b17-13+/t19-,36?/m0/s1. The molecule has 0 bridgehead atoms. The highest BCUT2D eigenvalue weighted by atomic mass is 31.2. The molecule has 2 atom stereocenters. The van der Waals surface area contributed by atoms with Crippen molar-refractivity contribution in [2.75, 3.05) is 12.8 Å². The summed E-state index contributed by atoms with van der Waals surface area (Å²) in [5, 5.41) is 13.8. The van der Waals surface area contributed by atoms with Crippen molar-refractivity contribution < 1.29 is 33.3 Å². The molecule has 8 nitrogen and oxygen atoms in total. The van der Waals surface area contributed by atoms with Gasteiger partial charge in [-0.2, -0.15) is 0 Å². The first-order chi connectivity index (χ1) is 17.1. The smallest absolute Gasteiger partial charge is 0.342 e. The van der Waals surface area contributed by atoms with Gasteiger partial charge in [-0.25, -0.2) is 9.88 Å². The van der Waals surface area contributed by atoms with Gasteiger partial charge in [-0.3, -0.25) is 9.36 Å². The number of para-hydroxylation sites is 1. The van der Waals surface area contributed by atoms with E-state index in [1.807, 2.05) is 32.9 Å². The third-order valence-electron chi connectivity index (χ3n) is 6.14. The zero-order valence-corrected chi connectivity index (χ0v) is 22.3. The molecule has 194 valence electrons. The molecule has 0 aliphatic carbocycles. The summed E-state index contributed by atoms with van der Waals surface area (Å²) < 4.78 is 29.9. The van der Waals surface area contributed by atoms with Crippen molar-refractivity contribution in [1.29, 1.82) is 0 Å². The van der Waals surface area contributed by atoms with Crippen LogP contribution in [0.1, 0.15) is 60.3 Å². The number of carbonyl (C=O) groups is 2. The molecule has 3 rings (SSSR count). The van der Waals surface area contributed by atoms with Gasteiger partial charge < -0.3 is 19.1 Å². The number of allylic oxidation sites excluding steroid dienone is 2. The van der Waals surface area contributed by atoms with Crippen molar-refractivity contribution >= 4 is 19.5 Å². The number of esters is 2. The summed E-state index contributed by atoms with van der Waals surface area (Å²) in [4.78, 5) is 24.4. The van der Waals surface area contributed by atoms with Crippen LogP contribution in [0.5, 0.6) is 11.5 Å². The van der Waals surface area contributed by atoms with E-state index in [-0.39, 0.29) is 30.7 Å². The van der Waals surface area contributed by atoms with Crippen molar-refractivity contribution in [2.45, 2.75) is 60.1 Å². The number of carbonyl (C=O) groups excluding carboxylic acids is 2. The largest absolute Gasteiger partial charge is 0.507 e. The number of aromatic hydroxyl groups is 1. The zero-order chi connectivity index (χ0) is 26.5. The van der Waals surface area contributed by atoms with Gasteiger partial charge in [0.25, 0.3) is 0 Å². The Bertz CT molecular complexity index is 1210. The minimum absolute atomic E-state index is 0.0276. The maximum Gasteiger partial charge on any atom is 0.342 e. The highest BCUT2D eigenvalue weighted by molar-refractivity contribution is 7.57. The Morgan fingerprint density at radius 2 is 1.94 bits per heavy atom. The van der Waals surface area contributed by atoms with E-state index in [1.54, 1.807) is 38.1 Å². The number of nitrogens with one attached hydrogen (secondary N) is 1. The van der Waals surface area contributed by atoms with Gasteiger partial charge in [0.2, 0.25) is 0 Å². The molecule has 0 aromatic heterocycles. The number of fused-ring (bicyclic) bond motifs is 1. The van der Waals surface area contributed by atoms with Gasteiger partial charge in [-0.15, -0.1) is 0 Å². The van der Waals surface area contributed by atoms with E-state index in [2.05, 4.69) is 5.09 Å². The Labute approximate surface area is 212 Å². The summed E-state index contributed by atoms with van der Waals surface area (Å²) in [5.74, 6) is -0.685. The Morgan fingerprint density at radius 1 is 1.25 bits per heavy atom. The maximum absolute atomic E-state index is 13.9. The normalized spacial score (nSPS) is 15.6. The summed E-state index contributed by atoms with van der Waals surface area (Å²) in [6.07, 6.45) is 2.90. The van der Waals surface area contributed by atoms with Crippen LogP contribution in [0.4, 0.5) is 0 Å². The second-order valence-electron chi connectivity index (χ2n) is 8.81. The van der Waals surface area contributed by atoms with Crippen molar-refractivity contribution in [3.05, 3.63) is 69.8 Å². The first kappa shape index (κ1) is 27.5. The number of ether oxygens (including phenoxy) is 2. The van der Waals surface area contributed by atoms with E-state index in [9.17, 15) is 19.3 Å². The summed E-state index contributed by atoms with van der Waals surface area (Å²) in [6, 6.07) is 7.92. The molecular formula is C27H34NO7P. The molecule has 2 aromatic rings. The van der Waals surface area contributed by atoms with Crippen LogP contribution in [-0.4, -0.2) is 35.9 Å². The van der Waals surface area contributed by atoms with Gasteiger partial charge in [0.05, 0.1) is 12.8 Å². The molecule has 2 aromatic carbocycles. The van der Waals surface area contributed by atoms with Crippen molar-refractivity contribution in [3.8, 4) is 11.5 Å². The van der Waals surface area contributed by atoms with E-state index >= 15 is 0 Å². The van der Waals surface area contributed by atoms with Crippen molar-refractivity contribution in [1.82, 2.24) is 5.09 Å². The summed E-state index contributed by atoms with van der Waals surface area (Å²) in [6.45, 7) is 9.41. The fraction of sp³-hybridized carbons (Fsp3) is 0.407. The molecule has 2 N–H and O–H groups in total. The lowest BCUT2D eigenvalue weighted by Gasteiger charge is -2.24. The fourth-order valence-corrected chi connectivity index (χ4v) is 6.53. The molecule has 36 heavy (non-hydrogen) atoms. The van der Waals surface area contributed by atoms with Gasteiger partial charge in [0.1, 0.15) is 29.7 Å². The Morgan fingerprint density at radius 3 is 2.58 bits per heavy atom. The van der Waals surface area contributed by atoms with Crippen LogP contribution in [0.25, 0.3) is 0 Å². The minimum Gasteiger partial charge on any atom is -0.507 e. The molecule has 9 heteroatoms. The minimum atomic E-state index is -3.57. The quantitative estimate of drug-likeness (QED) is 0.238. The van der Waals surface area contributed by atoms with E-state index in [1.165, 1.54) is 0 Å². The Kier molecular flexibility index (Phi) is 8.98. The second kappa shape index (κ2) is 11.8. The highest BCUT2D eigenvalue weighted by Crippen LogP contribution is 2.45. The molecule has 0 radical (unpaired) electrons. The Balaban J connectivity index is 1.88. The first-order valence-electron chi connectivity index (χ1n) is 12.1. The lowest BCUT2D eigenvalue weighted by molar-refractivity contribution is -0.144. The first-order valence-corrected chi connectivity index (χ1v) is 13.9. The molecular weight excluding hydrogens is 481 g/mol. The number of phenolic OH excluding ortho intramolecular Hbond substituents is 1. The number of cyclic esters (lactones) is 1. The predicted octanol–water partition coefficient (Wildman–Crippen LogP) is 5.24. The van der Waals surface area contributed by atoms with Crippen LogP contribution in [0.15, 0.2) is 42.0 Å². The summed E-state index contributed by atoms with van der Waals surface area (Å²) >= 11 is 0. The molecule has 1 aliphatic heterocycles. The lowest BCUT2D eigenvalue weighted by atomic mass is 9.89. The number of benzene rings is 2. The third-order valence-corrected chi connectivity index (χ3v) is 8.34. The van der Waals surface area contributed by atoms with Gasteiger partial charge in [0.15, 0.2) is 0 Å². The van der Waals surface area contributed by atoms with Crippen LogP contribution in [0.3, 0.4) is 0 Å². The SMILES string of the molecule is CCOC(=O)[C@H](C)NP(=O)(C/C(C)=C/Cc1c(O)c2c(c(C)c1CC)COC2=O)Oc1ccccc1. The van der Waals surface area contributed by atoms with E-state index in [4.69, 9.17) is 14.0 Å². The predicted molar refractivity (Wildman–Crippen MR) is 138 cm³/mol. The van der Waals surface area contributed by atoms with Gasteiger partial charge in [-0.1, -0.05) is 36.8 Å². The molecule has 0 saturated carbocycles. The molecule has 0 fully saturated rings. The van der Waals surface area contributed by atoms with Crippen LogP contribution in [0, 0.1) is 6.92 Å². The topological polar surface area (TPSA) is 111 Å². The van der Waals surface area contributed by atoms with Crippen LogP contribution >= 0.6 is 7.52 Å². The highest BCUT2D eigenvalue weighted by Gasteiger charge is 2.32. The van der Waals surface area contributed by atoms with Crippen molar-refractivity contribution in [2.24, 2.45) is 0 Å². The van der Waals surface area contributed by atoms with E-state index < -0.39 is 25.5 Å². The number of phenols is 1. The number of hydrogen-bond donors (Lipinski definition) is 2. The van der Waals surface area contributed by atoms with Gasteiger partial charge >= 0.3 is 19.5 Å². The molecule has 1 heterocycles. The monoisotopic (exact) mass is 515 g/mol. The molecule has 0 spiro atoms. The molecule has 0 saturated heterocycles. The number of hydrogen-bond acceptors (Lipinski definition) is 7. The average Bonchev–Trinajstić information content (AvgIpc) is 3.22. The van der Waals surface area contributed by atoms with Gasteiger partial charge in [-0.05, 0) is 63.8 Å². The zero-order valence-electron chi connectivity index (χ0n) is 21.4. The summed E-state index contributed by atoms with van der Waals surface area (Å²) in [7, 11) is -3.57. The molecule has 1 unspecified atom stereocenters. The summed E-state index contributed by atoms with van der Waals surface area (Å²) in [5.41, 5.74) is 4.26. The molecule has 1 aliphatic rings. The van der Waals surface area contributed by atoms with E-state index in [0.717, 1.165) is 22.3 Å². The third kappa shape index (κ3) is 6.18. The maximum atomic E-state index is 13.9. The van der Waals surface area contributed by atoms with Crippen molar-refractivity contribution in [3.63, 3.8) is 0 Å². The number of rotatable bonds is 11. The fourth-order valence-electron chi connectivity index (χ4n) is 4.38. The Hall–Kier alpha value is -3.09. The van der Waals surface area contributed by atoms with Crippen LogP contribution in [-0.2, 0) is 38.3 Å². The molecule has 0 amide bonds.